The summed E-state index contributed by atoms with van der Waals surface area (Å²) in [7, 11) is 1.67. The van der Waals surface area contributed by atoms with Gasteiger partial charge in [-0.2, -0.15) is 0 Å². The number of rotatable bonds is 4. The third-order valence-electron chi connectivity index (χ3n) is 3.19. The second-order valence-corrected chi connectivity index (χ2v) is 5.58. The first-order valence-corrected chi connectivity index (χ1v) is 7.16. The number of imidazole rings is 1. The molecule has 7 nitrogen and oxygen atoms in total. The summed E-state index contributed by atoms with van der Waals surface area (Å²) in [5.41, 5.74) is 2.06. The number of carbonyl (C=O) groups is 2. The largest absolute Gasteiger partial charge is 0.364 e. The smallest absolute Gasteiger partial charge is 0.255 e. The molecule has 0 atom stereocenters. The van der Waals surface area contributed by atoms with Crippen LogP contribution in [-0.4, -0.2) is 38.7 Å². The first kappa shape index (κ1) is 14.5. The highest BCUT2D eigenvalue weighted by molar-refractivity contribution is 9.10. The zero-order chi connectivity index (χ0) is 15.7. The lowest BCUT2D eigenvalue weighted by molar-refractivity contribution is 0.0781. The first-order chi connectivity index (χ1) is 10.6. The zero-order valence-corrected chi connectivity index (χ0v) is 13.1. The van der Waals surface area contributed by atoms with E-state index < -0.39 is 0 Å². The van der Waals surface area contributed by atoms with E-state index in [4.69, 9.17) is 4.52 Å². The molecule has 0 aromatic carbocycles. The normalized spacial score (nSPS) is 10.8. The van der Waals surface area contributed by atoms with Gasteiger partial charge in [0.15, 0.2) is 11.9 Å². The average molecular weight is 363 g/mol. The van der Waals surface area contributed by atoms with Gasteiger partial charge in [-0.15, -0.1) is 0 Å². The van der Waals surface area contributed by atoms with Crippen molar-refractivity contribution in [2.45, 2.75) is 6.54 Å². The summed E-state index contributed by atoms with van der Waals surface area (Å²) < 4.78 is 6.97. The molecular weight excluding hydrogens is 352 g/mol. The van der Waals surface area contributed by atoms with Gasteiger partial charge in [0.1, 0.15) is 17.7 Å². The van der Waals surface area contributed by atoms with Gasteiger partial charge in [-0.3, -0.25) is 14.0 Å². The molecule has 1 amide bonds. The van der Waals surface area contributed by atoms with Crippen molar-refractivity contribution in [1.82, 2.24) is 19.4 Å². The maximum Gasteiger partial charge on any atom is 0.255 e. The summed E-state index contributed by atoms with van der Waals surface area (Å²) in [4.78, 5) is 29.2. The van der Waals surface area contributed by atoms with E-state index in [1.807, 2.05) is 0 Å². The molecule has 0 saturated carbocycles. The van der Waals surface area contributed by atoms with Crippen molar-refractivity contribution in [2.24, 2.45) is 0 Å². The van der Waals surface area contributed by atoms with Gasteiger partial charge in [0.05, 0.1) is 22.8 Å². The Hall–Kier alpha value is -2.48. The van der Waals surface area contributed by atoms with Gasteiger partial charge in [0, 0.05) is 19.3 Å². The molecule has 0 N–H and O–H groups in total. The van der Waals surface area contributed by atoms with Crippen molar-refractivity contribution >= 4 is 33.8 Å². The average Bonchev–Trinajstić information content (AvgIpc) is 3.15. The van der Waals surface area contributed by atoms with Crippen LogP contribution in [0, 0.1) is 0 Å². The first-order valence-electron chi connectivity index (χ1n) is 6.36. The van der Waals surface area contributed by atoms with Crippen molar-refractivity contribution in [2.75, 3.05) is 7.05 Å². The van der Waals surface area contributed by atoms with E-state index in [0.29, 0.717) is 39.9 Å². The third kappa shape index (κ3) is 2.52. The molecule has 22 heavy (non-hydrogen) atoms. The Kier molecular flexibility index (Phi) is 3.76. The van der Waals surface area contributed by atoms with Crippen LogP contribution in [0.25, 0.3) is 5.65 Å². The van der Waals surface area contributed by atoms with Gasteiger partial charge in [0.25, 0.3) is 5.91 Å². The van der Waals surface area contributed by atoms with Crippen molar-refractivity contribution in [3.05, 3.63) is 52.2 Å². The highest BCUT2D eigenvalue weighted by Gasteiger charge is 2.17. The van der Waals surface area contributed by atoms with E-state index in [1.54, 1.807) is 29.8 Å². The quantitative estimate of drug-likeness (QED) is 0.664. The van der Waals surface area contributed by atoms with E-state index in [0.717, 1.165) is 0 Å². The summed E-state index contributed by atoms with van der Waals surface area (Å²) >= 11 is 3.37. The Morgan fingerprint density at radius 2 is 2.36 bits per heavy atom. The molecule has 112 valence electrons. The van der Waals surface area contributed by atoms with Gasteiger partial charge in [0.2, 0.25) is 0 Å². The number of aromatic nitrogens is 3. The molecule has 0 radical (unpaired) electrons. The van der Waals surface area contributed by atoms with Crippen LogP contribution >= 0.6 is 15.9 Å². The summed E-state index contributed by atoms with van der Waals surface area (Å²) in [5, 5.41) is 3.78. The topological polar surface area (TPSA) is 80.7 Å². The van der Waals surface area contributed by atoms with Crippen LogP contribution in [0.3, 0.4) is 0 Å². The van der Waals surface area contributed by atoms with Crippen molar-refractivity contribution in [3.8, 4) is 0 Å². The van der Waals surface area contributed by atoms with Crippen LogP contribution in [0.4, 0.5) is 0 Å². The van der Waals surface area contributed by atoms with Crippen molar-refractivity contribution < 1.29 is 14.1 Å². The molecule has 3 aromatic rings. The fourth-order valence-electron chi connectivity index (χ4n) is 2.12. The van der Waals surface area contributed by atoms with Crippen LogP contribution in [0.15, 0.2) is 39.8 Å². The molecule has 0 fully saturated rings. The predicted octanol–water partition coefficient (Wildman–Crippen LogP) is 2.17. The Morgan fingerprint density at radius 1 is 1.55 bits per heavy atom. The molecule has 0 spiro atoms. The third-order valence-corrected chi connectivity index (χ3v) is 3.78. The standard InChI is InChI=1S/C14H11BrN4O3/c1-18(7-10-2-3-22-17-10)14(21)9-4-12(15)13-16-5-11(8-20)19(13)6-9/h2-6,8H,7H2,1H3. The van der Waals surface area contributed by atoms with Crippen molar-refractivity contribution in [3.63, 3.8) is 0 Å². The van der Waals surface area contributed by atoms with Crippen LogP contribution in [0.1, 0.15) is 26.5 Å². The Labute approximate surface area is 133 Å². The second-order valence-electron chi connectivity index (χ2n) is 4.72. The highest BCUT2D eigenvalue weighted by atomic mass is 79.9. The van der Waals surface area contributed by atoms with Crippen LogP contribution in [0.2, 0.25) is 0 Å². The molecular formula is C14H11BrN4O3. The van der Waals surface area contributed by atoms with Gasteiger partial charge in [-0.05, 0) is 22.0 Å². The molecule has 3 heterocycles. The molecule has 0 saturated heterocycles. The Bertz CT molecular complexity index is 841. The number of halogens is 1. The van der Waals surface area contributed by atoms with E-state index in [1.165, 1.54) is 17.4 Å². The SMILES string of the molecule is CN(Cc1ccon1)C(=O)c1cc(Br)c2ncc(C=O)n2c1. The molecule has 0 aliphatic rings. The fraction of sp³-hybridized carbons (Fsp3) is 0.143. The maximum absolute atomic E-state index is 12.5. The summed E-state index contributed by atoms with van der Waals surface area (Å²) in [6.45, 7) is 0.329. The number of nitrogens with zero attached hydrogens (tertiary/aromatic N) is 4. The van der Waals surface area contributed by atoms with Gasteiger partial charge in [-0.1, -0.05) is 5.16 Å². The highest BCUT2D eigenvalue weighted by Crippen LogP contribution is 2.21. The minimum atomic E-state index is -0.198. The lowest BCUT2D eigenvalue weighted by atomic mass is 10.2. The minimum Gasteiger partial charge on any atom is -0.364 e. The molecule has 3 aromatic heterocycles. The van der Waals surface area contributed by atoms with Gasteiger partial charge < -0.3 is 9.42 Å². The lowest BCUT2D eigenvalue weighted by Gasteiger charge is -2.16. The minimum absolute atomic E-state index is 0.198. The number of amides is 1. The van der Waals surface area contributed by atoms with Gasteiger partial charge >= 0.3 is 0 Å². The van der Waals surface area contributed by atoms with Crippen LogP contribution < -0.4 is 0 Å². The monoisotopic (exact) mass is 362 g/mol. The number of pyridine rings is 1. The Morgan fingerprint density at radius 3 is 3.05 bits per heavy atom. The molecule has 3 rings (SSSR count). The summed E-state index contributed by atoms with van der Waals surface area (Å²) in [6.07, 6.45) is 5.21. The molecule has 0 aliphatic carbocycles. The van der Waals surface area contributed by atoms with Crippen LogP contribution in [0.5, 0.6) is 0 Å². The van der Waals surface area contributed by atoms with E-state index in [9.17, 15) is 9.59 Å². The molecule has 0 aliphatic heterocycles. The van der Waals surface area contributed by atoms with E-state index in [2.05, 4.69) is 26.1 Å². The second kappa shape index (κ2) is 5.72. The summed E-state index contributed by atoms with van der Waals surface area (Å²) in [5.74, 6) is -0.198. The van der Waals surface area contributed by atoms with E-state index in [-0.39, 0.29) is 5.91 Å². The van der Waals surface area contributed by atoms with Gasteiger partial charge in [-0.25, -0.2) is 4.98 Å². The number of fused-ring (bicyclic) bond motifs is 1. The fourth-order valence-corrected chi connectivity index (χ4v) is 2.66. The van der Waals surface area contributed by atoms with E-state index >= 15 is 0 Å². The molecule has 0 bridgehead atoms. The maximum atomic E-state index is 12.5. The predicted molar refractivity (Wildman–Crippen MR) is 80.6 cm³/mol. The number of carbonyl (C=O) groups excluding carboxylic acids is 2. The zero-order valence-electron chi connectivity index (χ0n) is 11.6. The van der Waals surface area contributed by atoms with Crippen LogP contribution in [-0.2, 0) is 6.54 Å². The summed E-state index contributed by atoms with van der Waals surface area (Å²) in [6, 6.07) is 3.38. The lowest BCUT2D eigenvalue weighted by Crippen LogP contribution is -2.26. The number of aldehydes is 1. The number of hydrogen-bond donors (Lipinski definition) is 0. The number of hydrogen-bond acceptors (Lipinski definition) is 5. The Balaban J connectivity index is 1.94. The van der Waals surface area contributed by atoms with Crippen molar-refractivity contribution in [1.29, 1.82) is 0 Å². The molecule has 8 heteroatoms. The molecule has 0 unspecified atom stereocenters.